The van der Waals surface area contributed by atoms with Crippen LogP contribution in [0.25, 0.3) is 0 Å². The maximum atomic E-state index is 12.6. The van der Waals surface area contributed by atoms with Crippen LogP contribution in [-0.2, 0) is 11.0 Å². The molecule has 2 rings (SSSR count). The van der Waals surface area contributed by atoms with E-state index in [1.165, 1.54) is 6.07 Å². The molecule has 0 saturated carbocycles. The van der Waals surface area contributed by atoms with Crippen molar-refractivity contribution in [1.29, 1.82) is 0 Å². The average molecular weight is 443 g/mol. The van der Waals surface area contributed by atoms with Crippen molar-refractivity contribution >= 4 is 23.2 Å². The van der Waals surface area contributed by atoms with Crippen molar-refractivity contribution in [2.75, 3.05) is 11.9 Å². The van der Waals surface area contributed by atoms with E-state index in [1.54, 1.807) is 24.3 Å². The minimum absolute atomic E-state index is 0.0458. The van der Waals surface area contributed by atoms with Crippen LogP contribution in [0.5, 0.6) is 5.88 Å². The topological polar surface area (TPSA) is 51.2 Å². The van der Waals surface area contributed by atoms with Crippen molar-refractivity contribution in [2.24, 2.45) is 11.8 Å². The lowest BCUT2D eigenvalue weighted by molar-refractivity contribution is -0.137. The molecule has 1 amide bonds. The van der Waals surface area contributed by atoms with Crippen LogP contribution in [0.1, 0.15) is 45.1 Å². The summed E-state index contributed by atoms with van der Waals surface area (Å²) >= 11 is 5.84. The van der Waals surface area contributed by atoms with Crippen LogP contribution >= 0.6 is 11.6 Å². The lowest BCUT2D eigenvalue weighted by Crippen LogP contribution is -2.21. The van der Waals surface area contributed by atoms with Crippen LogP contribution in [-0.4, -0.2) is 17.5 Å². The van der Waals surface area contributed by atoms with Crippen molar-refractivity contribution in [2.45, 2.75) is 45.7 Å². The molecular weight excluding hydrogens is 417 g/mol. The van der Waals surface area contributed by atoms with Gasteiger partial charge in [-0.15, -0.1) is 0 Å². The SMILES string of the molecule is CCC(CCC[C@H](C)C(=O)Nc1ccc(Cl)cc1)COc1ccc(C(F)(F)F)cn1. The summed E-state index contributed by atoms with van der Waals surface area (Å²) in [5.74, 6) is 0.226. The number of carbonyl (C=O) groups excluding carboxylic acids is 1. The Morgan fingerprint density at radius 1 is 1.17 bits per heavy atom. The highest BCUT2D eigenvalue weighted by Gasteiger charge is 2.30. The Kier molecular flexibility index (Phi) is 8.96. The average Bonchev–Trinajstić information content (AvgIpc) is 2.71. The Morgan fingerprint density at radius 3 is 2.43 bits per heavy atom. The molecular formula is C22H26ClF3N2O2. The van der Waals surface area contributed by atoms with Crippen molar-refractivity contribution in [3.8, 4) is 5.88 Å². The molecule has 0 aliphatic carbocycles. The monoisotopic (exact) mass is 442 g/mol. The van der Waals surface area contributed by atoms with Crippen LogP contribution in [0.15, 0.2) is 42.6 Å². The molecule has 0 bridgehead atoms. The molecule has 8 heteroatoms. The van der Waals surface area contributed by atoms with Crippen molar-refractivity contribution < 1.29 is 22.7 Å². The van der Waals surface area contributed by atoms with E-state index >= 15 is 0 Å². The van der Waals surface area contributed by atoms with Gasteiger partial charge >= 0.3 is 6.18 Å². The normalized spacial score (nSPS) is 13.5. The van der Waals surface area contributed by atoms with Gasteiger partial charge in [-0.2, -0.15) is 13.2 Å². The molecule has 1 unspecified atom stereocenters. The second-order valence-corrected chi connectivity index (χ2v) is 7.73. The summed E-state index contributed by atoms with van der Waals surface area (Å²) < 4.78 is 43.3. The highest BCUT2D eigenvalue weighted by molar-refractivity contribution is 6.30. The van der Waals surface area contributed by atoms with E-state index in [4.69, 9.17) is 16.3 Å². The molecule has 2 atom stereocenters. The molecule has 0 aliphatic heterocycles. The predicted molar refractivity (Wildman–Crippen MR) is 112 cm³/mol. The Bertz CT molecular complexity index is 796. The van der Waals surface area contributed by atoms with E-state index in [1.807, 2.05) is 13.8 Å². The van der Waals surface area contributed by atoms with Gasteiger partial charge in [0.2, 0.25) is 11.8 Å². The first-order valence-corrected chi connectivity index (χ1v) is 10.3. The first-order chi connectivity index (χ1) is 14.2. The van der Waals surface area contributed by atoms with Gasteiger partial charge in [0.05, 0.1) is 12.2 Å². The molecule has 4 nitrogen and oxygen atoms in total. The quantitative estimate of drug-likeness (QED) is 0.450. The third-order valence-electron chi connectivity index (χ3n) is 4.92. The minimum atomic E-state index is -4.41. The van der Waals surface area contributed by atoms with Crippen LogP contribution in [0.4, 0.5) is 18.9 Å². The number of amides is 1. The second-order valence-electron chi connectivity index (χ2n) is 7.30. The maximum Gasteiger partial charge on any atom is 0.417 e. The molecule has 0 aliphatic rings. The number of ether oxygens (including phenoxy) is 1. The summed E-state index contributed by atoms with van der Waals surface area (Å²) in [6.07, 6.45) is -0.334. The number of alkyl halides is 3. The highest BCUT2D eigenvalue weighted by atomic mass is 35.5. The zero-order chi connectivity index (χ0) is 22.1. The fourth-order valence-electron chi connectivity index (χ4n) is 2.88. The second kappa shape index (κ2) is 11.2. The van der Waals surface area contributed by atoms with Gasteiger partial charge in [-0.05, 0) is 49.1 Å². The molecule has 0 spiro atoms. The first kappa shape index (κ1) is 24.0. The number of halogens is 4. The Morgan fingerprint density at radius 2 is 1.87 bits per heavy atom. The van der Waals surface area contributed by atoms with Crippen LogP contribution in [0.2, 0.25) is 5.02 Å². The fourth-order valence-corrected chi connectivity index (χ4v) is 3.01. The van der Waals surface area contributed by atoms with Gasteiger partial charge in [0.25, 0.3) is 0 Å². The molecule has 1 N–H and O–H groups in total. The zero-order valence-corrected chi connectivity index (χ0v) is 17.8. The number of carbonyl (C=O) groups is 1. The van der Waals surface area contributed by atoms with E-state index in [2.05, 4.69) is 10.3 Å². The summed E-state index contributed by atoms with van der Waals surface area (Å²) in [6.45, 7) is 4.29. The highest BCUT2D eigenvalue weighted by Crippen LogP contribution is 2.29. The van der Waals surface area contributed by atoms with Crippen molar-refractivity contribution in [1.82, 2.24) is 4.98 Å². The number of aromatic nitrogens is 1. The van der Waals surface area contributed by atoms with Crippen molar-refractivity contribution in [3.05, 3.63) is 53.2 Å². The molecule has 0 saturated heterocycles. The van der Waals surface area contributed by atoms with E-state index in [-0.39, 0.29) is 23.6 Å². The van der Waals surface area contributed by atoms with Gasteiger partial charge in [-0.1, -0.05) is 38.3 Å². The molecule has 1 heterocycles. The molecule has 2 aromatic rings. The van der Waals surface area contributed by atoms with Gasteiger partial charge in [-0.25, -0.2) is 4.98 Å². The van der Waals surface area contributed by atoms with Gasteiger partial charge in [0.15, 0.2) is 0 Å². The number of anilines is 1. The number of nitrogens with one attached hydrogen (secondary N) is 1. The lowest BCUT2D eigenvalue weighted by Gasteiger charge is -2.17. The number of rotatable bonds is 10. The number of benzene rings is 1. The summed E-state index contributed by atoms with van der Waals surface area (Å²) in [4.78, 5) is 16.0. The number of hydrogen-bond acceptors (Lipinski definition) is 3. The lowest BCUT2D eigenvalue weighted by atomic mass is 9.96. The Hall–Kier alpha value is -2.28. The van der Waals surface area contributed by atoms with Gasteiger partial charge in [0.1, 0.15) is 0 Å². The van der Waals surface area contributed by atoms with Crippen LogP contribution in [0, 0.1) is 11.8 Å². The largest absolute Gasteiger partial charge is 0.477 e. The zero-order valence-electron chi connectivity index (χ0n) is 17.0. The van der Waals surface area contributed by atoms with Gasteiger partial charge in [-0.3, -0.25) is 4.79 Å². The summed E-state index contributed by atoms with van der Waals surface area (Å²) in [5.41, 5.74) is -0.0899. The number of hydrogen-bond donors (Lipinski definition) is 1. The number of nitrogens with zero attached hydrogens (tertiary/aromatic N) is 1. The third-order valence-corrected chi connectivity index (χ3v) is 5.17. The molecule has 1 aromatic heterocycles. The Labute approximate surface area is 179 Å². The van der Waals surface area contributed by atoms with E-state index in [0.29, 0.717) is 17.3 Å². The van der Waals surface area contributed by atoms with Crippen molar-refractivity contribution in [3.63, 3.8) is 0 Å². The summed E-state index contributed by atoms with van der Waals surface area (Å²) in [5, 5.41) is 3.48. The minimum Gasteiger partial charge on any atom is -0.477 e. The van der Waals surface area contributed by atoms with Gasteiger partial charge in [0, 0.05) is 28.9 Å². The summed E-state index contributed by atoms with van der Waals surface area (Å²) in [7, 11) is 0. The molecule has 0 radical (unpaired) electrons. The fraction of sp³-hybridized carbons (Fsp3) is 0.455. The predicted octanol–water partition coefficient (Wildman–Crippen LogP) is 6.60. The Balaban J connectivity index is 1.72. The smallest absolute Gasteiger partial charge is 0.417 e. The summed E-state index contributed by atoms with van der Waals surface area (Å²) in [6, 6.07) is 9.15. The van der Waals surface area contributed by atoms with E-state index in [9.17, 15) is 18.0 Å². The van der Waals surface area contributed by atoms with E-state index in [0.717, 1.165) is 37.9 Å². The van der Waals surface area contributed by atoms with Gasteiger partial charge < -0.3 is 10.1 Å². The molecule has 164 valence electrons. The molecule has 0 fully saturated rings. The number of pyridine rings is 1. The molecule has 30 heavy (non-hydrogen) atoms. The third kappa shape index (κ3) is 7.86. The van der Waals surface area contributed by atoms with E-state index < -0.39 is 11.7 Å². The standard InChI is InChI=1S/C22H26ClF3N2O2/c1-3-16(14-30-20-12-7-17(13-27-20)22(24,25)26)6-4-5-15(2)21(29)28-19-10-8-18(23)9-11-19/h7-13,15-16H,3-6,14H2,1-2H3,(H,28,29)/t15-,16?/m0/s1. The molecule has 1 aromatic carbocycles. The maximum absolute atomic E-state index is 12.6. The first-order valence-electron chi connectivity index (χ1n) is 9.91. The van der Waals surface area contributed by atoms with Crippen LogP contribution in [0.3, 0.4) is 0 Å². The van der Waals surface area contributed by atoms with Crippen LogP contribution < -0.4 is 10.1 Å².